The molecule has 1 atom stereocenters. The number of nitrogens with zero attached hydrogens (tertiary/aromatic N) is 2. The summed E-state index contributed by atoms with van der Waals surface area (Å²) in [6, 6.07) is 19.1. The van der Waals surface area contributed by atoms with Gasteiger partial charge in [0, 0.05) is 12.7 Å². The van der Waals surface area contributed by atoms with Crippen molar-refractivity contribution < 1.29 is 14.3 Å². The zero-order valence-electron chi connectivity index (χ0n) is 16.5. The molecule has 6 nitrogen and oxygen atoms in total. The first-order valence-electron chi connectivity index (χ1n) is 9.58. The van der Waals surface area contributed by atoms with Crippen molar-refractivity contribution in [1.29, 1.82) is 0 Å². The van der Waals surface area contributed by atoms with E-state index in [4.69, 9.17) is 9.47 Å². The average Bonchev–Trinajstić information content (AvgIpc) is 3.02. The van der Waals surface area contributed by atoms with Gasteiger partial charge in [-0.2, -0.15) is 0 Å². The number of ether oxygens (including phenoxy) is 2. The van der Waals surface area contributed by atoms with E-state index in [1.165, 1.54) is 0 Å². The Hall–Kier alpha value is -3.54. The normalized spacial score (nSPS) is 15.2. The number of aromatic nitrogens is 1. The molecule has 0 saturated carbocycles. The van der Waals surface area contributed by atoms with Crippen LogP contribution in [0.5, 0.6) is 11.5 Å². The Balaban J connectivity index is 1.67. The molecule has 1 aromatic heterocycles. The lowest BCUT2D eigenvalue weighted by Crippen LogP contribution is -2.32. The molecule has 1 N–H and O–H groups in total. The Morgan fingerprint density at radius 1 is 1.07 bits per heavy atom. The molecular formula is C23H23N3O3. The number of pyridine rings is 1. The van der Waals surface area contributed by atoms with Crippen LogP contribution in [0.1, 0.15) is 34.7 Å². The molecule has 0 fully saturated rings. The van der Waals surface area contributed by atoms with E-state index in [9.17, 15) is 4.79 Å². The second kappa shape index (κ2) is 8.22. The minimum absolute atomic E-state index is 0.0460. The van der Waals surface area contributed by atoms with Crippen molar-refractivity contribution in [3.63, 3.8) is 0 Å². The van der Waals surface area contributed by atoms with Crippen LogP contribution in [0.3, 0.4) is 0 Å². The number of benzene rings is 2. The summed E-state index contributed by atoms with van der Waals surface area (Å²) in [6.45, 7) is 2.96. The number of carbonyl (C=O) groups excluding carboxylic acids is 1. The lowest BCUT2D eigenvalue weighted by Gasteiger charge is -2.27. The summed E-state index contributed by atoms with van der Waals surface area (Å²) in [5, 5.41) is 3.47. The topological polar surface area (TPSA) is 63.7 Å². The smallest absolute Gasteiger partial charge is 0.258 e. The first kappa shape index (κ1) is 18.8. The third-order valence-corrected chi connectivity index (χ3v) is 4.89. The summed E-state index contributed by atoms with van der Waals surface area (Å²) in [4.78, 5) is 19.4. The van der Waals surface area contributed by atoms with Gasteiger partial charge in [-0.15, -0.1) is 0 Å². The number of anilines is 1. The number of rotatable bonds is 7. The highest BCUT2D eigenvalue weighted by atomic mass is 16.5. The minimum atomic E-state index is -0.387. The molecule has 1 aliphatic heterocycles. The van der Waals surface area contributed by atoms with E-state index in [-0.39, 0.29) is 12.1 Å². The number of carbonyl (C=O) groups is 1. The average molecular weight is 389 g/mol. The SMILES string of the molecule is CCOc1ccccc1N[C@H]1c2ncccc2C(=O)N1Cc1ccc(OC)cc1. The molecular weight excluding hydrogens is 366 g/mol. The highest BCUT2D eigenvalue weighted by Crippen LogP contribution is 2.36. The van der Waals surface area contributed by atoms with Crippen LogP contribution in [0, 0.1) is 0 Å². The van der Waals surface area contributed by atoms with Crippen molar-refractivity contribution in [2.24, 2.45) is 0 Å². The van der Waals surface area contributed by atoms with Gasteiger partial charge in [0.1, 0.15) is 17.7 Å². The van der Waals surface area contributed by atoms with Crippen LogP contribution in [-0.4, -0.2) is 29.5 Å². The summed E-state index contributed by atoms with van der Waals surface area (Å²) in [5.74, 6) is 1.48. The first-order valence-corrected chi connectivity index (χ1v) is 9.58. The molecule has 1 amide bonds. The monoisotopic (exact) mass is 389 g/mol. The van der Waals surface area contributed by atoms with E-state index < -0.39 is 0 Å². The first-order chi connectivity index (χ1) is 14.2. The summed E-state index contributed by atoms with van der Waals surface area (Å²) < 4.78 is 11.0. The number of fused-ring (bicyclic) bond motifs is 1. The standard InChI is InChI=1S/C23H23N3O3/c1-3-29-20-9-5-4-8-19(20)25-22-21-18(7-6-14-24-21)23(27)26(22)15-16-10-12-17(28-2)13-11-16/h4-14,22,25H,3,15H2,1-2H3/t22-/m1/s1. The lowest BCUT2D eigenvalue weighted by atomic mass is 10.2. The predicted molar refractivity (Wildman–Crippen MR) is 111 cm³/mol. The van der Waals surface area contributed by atoms with E-state index in [1.54, 1.807) is 24.3 Å². The maximum Gasteiger partial charge on any atom is 0.258 e. The van der Waals surface area contributed by atoms with Gasteiger partial charge in [-0.05, 0) is 48.9 Å². The maximum atomic E-state index is 13.1. The van der Waals surface area contributed by atoms with Crippen LogP contribution in [-0.2, 0) is 6.54 Å². The predicted octanol–water partition coefficient (Wildman–Crippen LogP) is 4.26. The molecule has 0 spiro atoms. The van der Waals surface area contributed by atoms with E-state index in [2.05, 4.69) is 10.3 Å². The Morgan fingerprint density at radius 2 is 1.86 bits per heavy atom. The number of para-hydroxylation sites is 2. The highest BCUT2D eigenvalue weighted by molar-refractivity contribution is 5.99. The summed E-state index contributed by atoms with van der Waals surface area (Å²) in [6.07, 6.45) is 1.33. The molecule has 2 heterocycles. The zero-order valence-corrected chi connectivity index (χ0v) is 16.5. The molecule has 0 radical (unpaired) electrons. The van der Waals surface area contributed by atoms with Crippen LogP contribution in [0.25, 0.3) is 0 Å². The summed E-state index contributed by atoms with van der Waals surface area (Å²) >= 11 is 0. The third kappa shape index (κ3) is 3.74. The number of methoxy groups -OCH3 is 1. The van der Waals surface area contributed by atoms with Gasteiger partial charge < -0.3 is 19.7 Å². The van der Waals surface area contributed by atoms with Gasteiger partial charge in [0.15, 0.2) is 0 Å². The molecule has 4 rings (SSSR count). The van der Waals surface area contributed by atoms with E-state index in [0.717, 1.165) is 28.4 Å². The largest absolute Gasteiger partial charge is 0.497 e. The molecule has 29 heavy (non-hydrogen) atoms. The molecule has 0 unspecified atom stereocenters. The van der Waals surface area contributed by atoms with Gasteiger partial charge in [-0.25, -0.2) is 0 Å². The summed E-state index contributed by atoms with van der Waals surface area (Å²) in [7, 11) is 1.64. The molecule has 6 heteroatoms. The van der Waals surface area contributed by atoms with Crippen molar-refractivity contribution in [2.75, 3.05) is 19.0 Å². The van der Waals surface area contributed by atoms with Crippen molar-refractivity contribution in [3.8, 4) is 11.5 Å². The van der Waals surface area contributed by atoms with Crippen LogP contribution < -0.4 is 14.8 Å². The number of amides is 1. The van der Waals surface area contributed by atoms with E-state index in [1.807, 2.05) is 61.5 Å². The fraction of sp³-hybridized carbons (Fsp3) is 0.217. The maximum absolute atomic E-state index is 13.1. The highest BCUT2D eigenvalue weighted by Gasteiger charge is 2.38. The molecule has 1 aliphatic rings. The van der Waals surface area contributed by atoms with Crippen LogP contribution in [0.15, 0.2) is 66.9 Å². The van der Waals surface area contributed by atoms with Gasteiger partial charge in [0.25, 0.3) is 5.91 Å². The zero-order chi connectivity index (χ0) is 20.2. The van der Waals surface area contributed by atoms with Gasteiger partial charge in [0.2, 0.25) is 0 Å². The van der Waals surface area contributed by atoms with Crippen LogP contribution >= 0.6 is 0 Å². The Kier molecular flexibility index (Phi) is 5.33. The fourth-order valence-electron chi connectivity index (χ4n) is 3.49. The van der Waals surface area contributed by atoms with Gasteiger partial charge in [0.05, 0.1) is 30.7 Å². The fourth-order valence-corrected chi connectivity index (χ4v) is 3.49. The van der Waals surface area contributed by atoms with Gasteiger partial charge >= 0.3 is 0 Å². The Bertz CT molecular complexity index is 1000. The Labute approximate surface area is 170 Å². The quantitative estimate of drug-likeness (QED) is 0.654. The molecule has 148 valence electrons. The van der Waals surface area contributed by atoms with Crippen LogP contribution in [0.4, 0.5) is 5.69 Å². The summed E-state index contributed by atoms with van der Waals surface area (Å²) in [5.41, 5.74) is 3.17. The van der Waals surface area contributed by atoms with E-state index in [0.29, 0.717) is 18.7 Å². The molecule has 0 aliphatic carbocycles. The molecule has 2 aromatic carbocycles. The van der Waals surface area contributed by atoms with Crippen LogP contribution in [0.2, 0.25) is 0 Å². The number of hydrogen-bond donors (Lipinski definition) is 1. The molecule has 0 bridgehead atoms. The number of nitrogens with one attached hydrogen (secondary N) is 1. The van der Waals surface area contributed by atoms with Crippen molar-refractivity contribution >= 4 is 11.6 Å². The second-order valence-electron chi connectivity index (χ2n) is 6.69. The third-order valence-electron chi connectivity index (χ3n) is 4.89. The lowest BCUT2D eigenvalue weighted by molar-refractivity contribution is 0.0727. The number of hydrogen-bond acceptors (Lipinski definition) is 5. The van der Waals surface area contributed by atoms with Gasteiger partial charge in [-0.3, -0.25) is 9.78 Å². The molecule has 3 aromatic rings. The van der Waals surface area contributed by atoms with Gasteiger partial charge in [-0.1, -0.05) is 24.3 Å². The minimum Gasteiger partial charge on any atom is -0.497 e. The van der Waals surface area contributed by atoms with Crippen molar-refractivity contribution in [2.45, 2.75) is 19.6 Å². The van der Waals surface area contributed by atoms with E-state index >= 15 is 0 Å². The second-order valence-corrected chi connectivity index (χ2v) is 6.69. The van der Waals surface area contributed by atoms with Crippen molar-refractivity contribution in [3.05, 3.63) is 83.7 Å². The van der Waals surface area contributed by atoms with Crippen molar-refractivity contribution in [1.82, 2.24) is 9.88 Å². The molecule has 0 saturated heterocycles. The Morgan fingerprint density at radius 3 is 2.62 bits per heavy atom.